The number of nitrogens with one attached hydrogen (secondary N) is 1. The van der Waals surface area contributed by atoms with E-state index in [1.165, 1.54) is 35.6 Å². The monoisotopic (exact) mass is 408 g/mol. The fourth-order valence-corrected chi connectivity index (χ4v) is 3.59. The number of nitrogens with zero attached hydrogens (tertiary/aromatic N) is 1. The Bertz CT molecular complexity index is 961. The van der Waals surface area contributed by atoms with Gasteiger partial charge in [-0.3, -0.25) is 4.79 Å². The SMILES string of the molecule is O=C(NCc1ccc(OC(F)(F)F)cc1)C1(c2cc(-c3cccs3)on2)CC1. The van der Waals surface area contributed by atoms with E-state index in [1.54, 1.807) is 6.07 Å². The number of thiophene rings is 1. The van der Waals surface area contributed by atoms with Gasteiger partial charge in [-0.25, -0.2) is 0 Å². The summed E-state index contributed by atoms with van der Waals surface area (Å²) in [6, 6.07) is 11.0. The number of carbonyl (C=O) groups is 1. The number of ether oxygens (including phenoxy) is 1. The van der Waals surface area contributed by atoms with Gasteiger partial charge in [-0.15, -0.1) is 24.5 Å². The molecular weight excluding hydrogens is 393 g/mol. The van der Waals surface area contributed by atoms with Gasteiger partial charge in [-0.1, -0.05) is 23.4 Å². The Morgan fingerprint density at radius 2 is 2.00 bits per heavy atom. The molecule has 0 spiro atoms. The minimum absolute atomic E-state index is 0.172. The number of rotatable bonds is 6. The minimum Gasteiger partial charge on any atom is -0.406 e. The molecule has 1 amide bonds. The molecule has 5 nitrogen and oxygen atoms in total. The van der Waals surface area contributed by atoms with Gasteiger partial charge in [0.2, 0.25) is 5.91 Å². The molecule has 4 rings (SSSR count). The fraction of sp³-hybridized carbons (Fsp3) is 0.263. The van der Waals surface area contributed by atoms with Crippen molar-refractivity contribution in [1.29, 1.82) is 0 Å². The van der Waals surface area contributed by atoms with Gasteiger partial charge in [0.25, 0.3) is 0 Å². The van der Waals surface area contributed by atoms with E-state index in [0.29, 0.717) is 29.9 Å². The van der Waals surface area contributed by atoms with E-state index in [-0.39, 0.29) is 18.2 Å². The lowest BCUT2D eigenvalue weighted by molar-refractivity contribution is -0.274. The normalized spacial score (nSPS) is 15.2. The van der Waals surface area contributed by atoms with E-state index >= 15 is 0 Å². The molecule has 1 aromatic carbocycles. The zero-order chi connectivity index (χ0) is 19.8. The largest absolute Gasteiger partial charge is 0.573 e. The third-order valence-corrected chi connectivity index (χ3v) is 5.44. The quantitative estimate of drug-likeness (QED) is 0.645. The van der Waals surface area contributed by atoms with Gasteiger partial charge < -0.3 is 14.6 Å². The maximum absolute atomic E-state index is 12.7. The molecule has 0 aliphatic heterocycles. The Kier molecular flexibility index (Phi) is 4.62. The van der Waals surface area contributed by atoms with Gasteiger partial charge in [0, 0.05) is 12.6 Å². The van der Waals surface area contributed by atoms with E-state index in [2.05, 4.69) is 15.2 Å². The highest BCUT2D eigenvalue weighted by Crippen LogP contribution is 2.48. The van der Waals surface area contributed by atoms with Crippen LogP contribution in [-0.2, 0) is 16.8 Å². The molecule has 2 aromatic heterocycles. The van der Waals surface area contributed by atoms with Crippen LogP contribution >= 0.6 is 11.3 Å². The van der Waals surface area contributed by atoms with Crippen LogP contribution in [0.25, 0.3) is 10.6 Å². The third-order valence-electron chi connectivity index (χ3n) is 4.56. The third kappa shape index (κ3) is 3.89. The molecular formula is C19H15F3N2O3S. The molecule has 3 aromatic rings. The van der Waals surface area contributed by atoms with Crippen molar-refractivity contribution < 1.29 is 27.2 Å². The van der Waals surface area contributed by atoms with Crippen molar-refractivity contribution in [2.24, 2.45) is 0 Å². The van der Waals surface area contributed by atoms with Gasteiger partial charge in [-0.2, -0.15) is 0 Å². The standard InChI is InChI=1S/C19H15F3N2O3S/c20-19(21,22)26-13-5-3-12(4-6-13)11-23-17(25)18(7-8-18)16-10-14(27-24-16)15-2-1-9-28-15/h1-6,9-10H,7-8,11H2,(H,23,25). The molecule has 1 aliphatic rings. The maximum Gasteiger partial charge on any atom is 0.573 e. The van der Waals surface area contributed by atoms with Crippen LogP contribution in [0.4, 0.5) is 13.2 Å². The maximum atomic E-state index is 12.7. The molecule has 146 valence electrons. The van der Waals surface area contributed by atoms with Crippen LogP contribution in [0.3, 0.4) is 0 Å². The van der Waals surface area contributed by atoms with Crippen LogP contribution in [-0.4, -0.2) is 17.4 Å². The molecule has 1 fully saturated rings. The first kappa shape index (κ1) is 18.5. The Labute approximate surface area is 162 Å². The van der Waals surface area contributed by atoms with E-state index in [1.807, 2.05) is 17.5 Å². The van der Waals surface area contributed by atoms with Crippen molar-refractivity contribution in [3.8, 4) is 16.4 Å². The number of hydrogen-bond donors (Lipinski definition) is 1. The van der Waals surface area contributed by atoms with Gasteiger partial charge in [0.05, 0.1) is 16.0 Å². The zero-order valence-electron chi connectivity index (χ0n) is 14.5. The Morgan fingerprint density at radius 3 is 2.61 bits per heavy atom. The second-order valence-electron chi connectivity index (χ2n) is 6.51. The molecule has 2 heterocycles. The van der Waals surface area contributed by atoms with Crippen molar-refractivity contribution in [3.63, 3.8) is 0 Å². The lowest BCUT2D eigenvalue weighted by Crippen LogP contribution is -2.34. The molecule has 9 heteroatoms. The lowest BCUT2D eigenvalue weighted by Gasteiger charge is -2.13. The molecule has 1 aliphatic carbocycles. The first-order valence-corrected chi connectivity index (χ1v) is 9.38. The van der Waals surface area contributed by atoms with Gasteiger partial charge in [0.1, 0.15) is 5.75 Å². The molecule has 0 radical (unpaired) electrons. The summed E-state index contributed by atoms with van der Waals surface area (Å²) < 4.78 is 45.8. The van der Waals surface area contributed by atoms with Crippen molar-refractivity contribution in [2.45, 2.75) is 31.2 Å². The minimum atomic E-state index is -4.73. The Morgan fingerprint density at radius 1 is 1.25 bits per heavy atom. The van der Waals surface area contributed by atoms with Crippen molar-refractivity contribution in [3.05, 3.63) is 59.1 Å². The first-order chi connectivity index (χ1) is 13.4. The van der Waals surface area contributed by atoms with Gasteiger partial charge >= 0.3 is 6.36 Å². The summed E-state index contributed by atoms with van der Waals surface area (Å²) in [6.07, 6.45) is -3.38. The average molecular weight is 408 g/mol. The van der Waals surface area contributed by atoms with E-state index in [4.69, 9.17) is 4.52 Å². The van der Waals surface area contributed by atoms with Crippen LogP contribution < -0.4 is 10.1 Å². The van der Waals surface area contributed by atoms with Crippen molar-refractivity contribution in [1.82, 2.24) is 10.5 Å². The molecule has 28 heavy (non-hydrogen) atoms. The van der Waals surface area contributed by atoms with E-state index in [9.17, 15) is 18.0 Å². The van der Waals surface area contributed by atoms with Crippen LogP contribution in [0.15, 0.2) is 52.4 Å². The number of amides is 1. The molecule has 0 unspecified atom stereocenters. The van der Waals surface area contributed by atoms with E-state index < -0.39 is 11.8 Å². The van der Waals surface area contributed by atoms with E-state index in [0.717, 1.165) is 4.88 Å². The number of carbonyl (C=O) groups excluding carboxylic acids is 1. The van der Waals surface area contributed by atoms with Crippen LogP contribution in [0, 0.1) is 0 Å². The lowest BCUT2D eigenvalue weighted by atomic mass is 10.0. The Hall–Kier alpha value is -2.81. The Balaban J connectivity index is 1.39. The summed E-state index contributed by atoms with van der Waals surface area (Å²) in [6.45, 7) is 0.197. The number of hydrogen-bond acceptors (Lipinski definition) is 5. The van der Waals surface area contributed by atoms with Crippen LogP contribution in [0.5, 0.6) is 5.75 Å². The number of aromatic nitrogens is 1. The number of halogens is 3. The second kappa shape index (κ2) is 6.97. The first-order valence-electron chi connectivity index (χ1n) is 8.50. The predicted octanol–water partition coefficient (Wildman–Crippen LogP) is 4.65. The number of alkyl halides is 3. The summed E-state index contributed by atoms with van der Waals surface area (Å²) in [5.41, 5.74) is 0.568. The predicted molar refractivity (Wildman–Crippen MR) is 95.7 cm³/mol. The fourth-order valence-electron chi connectivity index (χ4n) is 2.92. The highest BCUT2D eigenvalue weighted by atomic mass is 32.1. The van der Waals surface area contributed by atoms with Crippen molar-refractivity contribution >= 4 is 17.2 Å². The molecule has 0 saturated heterocycles. The molecule has 0 atom stereocenters. The average Bonchev–Trinajstić information content (AvgIpc) is 3.07. The van der Waals surface area contributed by atoms with Crippen LogP contribution in [0.1, 0.15) is 24.1 Å². The smallest absolute Gasteiger partial charge is 0.406 e. The summed E-state index contributed by atoms with van der Waals surface area (Å²) in [7, 11) is 0. The molecule has 0 bridgehead atoms. The number of benzene rings is 1. The summed E-state index contributed by atoms with van der Waals surface area (Å²) >= 11 is 1.53. The van der Waals surface area contributed by atoms with Gasteiger partial charge in [-0.05, 0) is 42.0 Å². The zero-order valence-corrected chi connectivity index (χ0v) is 15.3. The molecule has 1 saturated carbocycles. The second-order valence-corrected chi connectivity index (χ2v) is 7.46. The summed E-state index contributed by atoms with van der Waals surface area (Å²) in [4.78, 5) is 13.6. The highest BCUT2D eigenvalue weighted by molar-refractivity contribution is 7.13. The summed E-state index contributed by atoms with van der Waals surface area (Å²) in [5.74, 6) is 0.156. The topological polar surface area (TPSA) is 64.4 Å². The molecule has 1 N–H and O–H groups in total. The summed E-state index contributed by atoms with van der Waals surface area (Å²) in [5, 5.41) is 8.84. The highest BCUT2D eigenvalue weighted by Gasteiger charge is 2.53. The van der Waals surface area contributed by atoms with Crippen LogP contribution in [0.2, 0.25) is 0 Å². The van der Waals surface area contributed by atoms with Crippen molar-refractivity contribution in [2.75, 3.05) is 0 Å². The van der Waals surface area contributed by atoms with Gasteiger partial charge in [0.15, 0.2) is 5.76 Å².